The first-order chi connectivity index (χ1) is 32.0. The molecule has 66 heavy (non-hydrogen) atoms. The molecule has 0 amide bonds. The molecule has 2 unspecified atom stereocenters. The molecule has 0 heterocycles. The SMILES string of the molecule is CC/C=C\C/C=C\C/C=C\CCCCCCCCCC(=O)OC(COC(=O)CCCCCCCCCCCCCCC/C=C\CCCCCCCCCC)COP(=O)(O)OCC[N+](C)(C)C. The average Bonchev–Trinajstić information content (AvgIpc) is 3.27. The second-order valence-corrected chi connectivity index (χ2v) is 21.0. The smallest absolute Gasteiger partial charge is 0.462 e. The van der Waals surface area contributed by atoms with E-state index in [9.17, 15) is 19.0 Å². The van der Waals surface area contributed by atoms with Gasteiger partial charge in [0.15, 0.2) is 6.10 Å². The highest BCUT2D eigenvalue weighted by Gasteiger charge is 2.27. The topological polar surface area (TPSA) is 108 Å². The highest BCUT2D eigenvalue weighted by molar-refractivity contribution is 7.47. The minimum Gasteiger partial charge on any atom is -0.462 e. The van der Waals surface area contributed by atoms with Gasteiger partial charge in [0.1, 0.15) is 19.8 Å². The van der Waals surface area contributed by atoms with Gasteiger partial charge in [-0.15, -0.1) is 0 Å². The molecule has 0 aromatic heterocycles. The van der Waals surface area contributed by atoms with Crippen LogP contribution in [0.1, 0.15) is 245 Å². The lowest BCUT2D eigenvalue weighted by Crippen LogP contribution is -2.37. The van der Waals surface area contributed by atoms with E-state index in [1.54, 1.807) is 0 Å². The van der Waals surface area contributed by atoms with Crippen LogP contribution in [-0.2, 0) is 32.7 Å². The molecule has 386 valence electrons. The van der Waals surface area contributed by atoms with E-state index in [2.05, 4.69) is 62.5 Å². The molecule has 2 atom stereocenters. The van der Waals surface area contributed by atoms with E-state index in [0.717, 1.165) is 64.2 Å². The number of nitrogens with zero attached hydrogens (tertiary/aromatic N) is 1. The van der Waals surface area contributed by atoms with Crippen molar-refractivity contribution in [1.29, 1.82) is 0 Å². The molecule has 0 radical (unpaired) electrons. The number of rotatable bonds is 50. The Kier molecular flexibility index (Phi) is 46.5. The molecule has 10 heteroatoms. The maximum absolute atomic E-state index is 12.8. The first kappa shape index (κ1) is 64.0. The van der Waals surface area contributed by atoms with Crippen molar-refractivity contribution in [2.75, 3.05) is 47.5 Å². The molecule has 0 aromatic carbocycles. The summed E-state index contributed by atoms with van der Waals surface area (Å²) in [4.78, 5) is 35.6. The van der Waals surface area contributed by atoms with Crippen LogP contribution in [0.25, 0.3) is 0 Å². The molecule has 1 N–H and O–H groups in total. The van der Waals surface area contributed by atoms with Gasteiger partial charge in [-0.1, -0.05) is 210 Å². The highest BCUT2D eigenvalue weighted by atomic mass is 31.2. The number of carbonyl (C=O) groups excluding carboxylic acids is 2. The molecular weight excluding hydrogens is 846 g/mol. The fraction of sp³-hybridized carbons (Fsp3) is 0.821. The summed E-state index contributed by atoms with van der Waals surface area (Å²) >= 11 is 0. The molecule has 0 aliphatic rings. The van der Waals surface area contributed by atoms with Crippen molar-refractivity contribution in [3.05, 3.63) is 48.6 Å². The summed E-state index contributed by atoms with van der Waals surface area (Å²) in [7, 11) is 1.47. The molecule has 0 aromatic rings. The molecule has 0 saturated heterocycles. The number of unbranched alkanes of at least 4 members (excludes halogenated alkanes) is 28. The quantitative estimate of drug-likeness (QED) is 0.0211. The van der Waals surface area contributed by atoms with Crippen LogP contribution in [0.3, 0.4) is 0 Å². The Bertz CT molecular complexity index is 1260. The summed E-state index contributed by atoms with van der Waals surface area (Å²) in [6, 6.07) is 0. The zero-order valence-electron chi connectivity index (χ0n) is 43.7. The van der Waals surface area contributed by atoms with E-state index in [0.29, 0.717) is 17.4 Å². The molecule has 0 bridgehead atoms. The van der Waals surface area contributed by atoms with E-state index >= 15 is 0 Å². The van der Waals surface area contributed by atoms with Crippen LogP contribution in [0.2, 0.25) is 0 Å². The number of esters is 2. The van der Waals surface area contributed by atoms with E-state index in [1.165, 1.54) is 148 Å². The third kappa shape index (κ3) is 51.4. The second kappa shape index (κ2) is 48.0. The lowest BCUT2D eigenvalue weighted by Gasteiger charge is -2.24. The van der Waals surface area contributed by atoms with Crippen molar-refractivity contribution in [3.8, 4) is 0 Å². The Hall–Kier alpha value is -2.03. The third-order valence-electron chi connectivity index (χ3n) is 11.8. The second-order valence-electron chi connectivity index (χ2n) is 19.6. The molecule has 0 aliphatic carbocycles. The number of carbonyl (C=O) groups is 2. The fourth-order valence-electron chi connectivity index (χ4n) is 7.61. The number of hydrogen-bond donors (Lipinski definition) is 1. The normalized spacial score (nSPS) is 13.7. The monoisotopic (exact) mass is 951 g/mol. The van der Waals surface area contributed by atoms with Crippen LogP contribution in [-0.4, -0.2) is 74.9 Å². The standard InChI is InChI=1S/C56H104NO8P/c1-6-8-10-12-14-16-18-20-22-24-25-26-27-28-29-30-31-33-34-36-38-40-42-44-46-48-55(58)62-52-54(53-64-66(60,61)63-51-50-57(3,4)5)65-56(59)49-47-45-43-41-39-37-35-32-23-21-19-17-15-13-11-9-7-2/h9,11,15,17,21,23-25,54H,6-8,10,12-14,16,18-20,22,26-53H2,1-5H3/p+1/b11-9-,17-15-,23-21-,25-24-. The van der Waals surface area contributed by atoms with Crippen LogP contribution >= 0.6 is 7.82 Å². The van der Waals surface area contributed by atoms with Gasteiger partial charge in [0.05, 0.1) is 27.7 Å². The number of quaternary nitrogens is 1. The lowest BCUT2D eigenvalue weighted by atomic mass is 10.0. The highest BCUT2D eigenvalue weighted by Crippen LogP contribution is 2.43. The van der Waals surface area contributed by atoms with Crippen LogP contribution in [0.4, 0.5) is 0 Å². The van der Waals surface area contributed by atoms with Crippen LogP contribution in [0, 0.1) is 0 Å². The van der Waals surface area contributed by atoms with Crippen molar-refractivity contribution in [3.63, 3.8) is 0 Å². The number of allylic oxidation sites excluding steroid dienone is 8. The molecule has 9 nitrogen and oxygen atoms in total. The average molecular weight is 951 g/mol. The van der Waals surface area contributed by atoms with Gasteiger partial charge in [0.25, 0.3) is 0 Å². The number of phosphoric ester groups is 1. The van der Waals surface area contributed by atoms with Crippen molar-refractivity contribution < 1.29 is 42.1 Å². The zero-order chi connectivity index (χ0) is 48.5. The number of phosphoric acid groups is 1. The molecule has 0 aliphatic heterocycles. The van der Waals surface area contributed by atoms with Crippen molar-refractivity contribution in [2.45, 2.75) is 251 Å². The van der Waals surface area contributed by atoms with Gasteiger partial charge in [-0.05, 0) is 70.6 Å². The third-order valence-corrected chi connectivity index (χ3v) is 12.8. The van der Waals surface area contributed by atoms with Crippen LogP contribution in [0.15, 0.2) is 48.6 Å². The van der Waals surface area contributed by atoms with Crippen molar-refractivity contribution in [2.24, 2.45) is 0 Å². The van der Waals surface area contributed by atoms with E-state index in [1.807, 2.05) is 21.1 Å². The Labute approximate surface area is 407 Å². The maximum atomic E-state index is 12.8. The Morgan fingerprint density at radius 3 is 1.30 bits per heavy atom. The minimum atomic E-state index is -4.39. The Morgan fingerprint density at radius 2 is 0.864 bits per heavy atom. The zero-order valence-corrected chi connectivity index (χ0v) is 44.6. The van der Waals surface area contributed by atoms with E-state index in [4.69, 9.17) is 18.5 Å². The predicted molar refractivity (Wildman–Crippen MR) is 280 cm³/mol. The van der Waals surface area contributed by atoms with Gasteiger partial charge in [0, 0.05) is 12.8 Å². The molecule has 0 rings (SSSR count). The fourth-order valence-corrected chi connectivity index (χ4v) is 8.36. The molecular formula is C56H105NO8P+. The Balaban J connectivity index is 4.16. The first-order valence-electron chi connectivity index (χ1n) is 27.4. The first-order valence-corrected chi connectivity index (χ1v) is 28.9. The predicted octanol–water partition coefficient (Wildman–Crippen LogP) is 16.6. The molecule has 0 fully saturated rings. The van der Waals surface area contributed by atoms with Gasteiger partial charge < -0.3 is 18.9 Å². The van der Waals surface area contributed by atoms with Gasteiger partial charge in [0.2, 0.25) is 0 Å². The summed E-state index contributed by atoms with van der Waals surface area (Å²) in [5.41, 5.74) is 0. The summed E-state index contributed by atoms with van der Waals surface area (Å²) in [5, 5.41) is 0. The van der Waals surface area contributed by atoms with E-state index < -0.39 is 26.5 Å². The van der Waals surface area contributed by atoms with Gasteiger partial charge in [-0.25, -0.2) is 4.57 Å². The largest absolute Gasteiger partial charge is 0.472 e. The molecule has 0 saturated carbocycles. The minimum absolute atomic E-state index is 0.0290. The molecule has 0 spiro atoms. The Morgan fingerprint density at radius 1 is 0.485 bits per heavy atom. The number of ether oxygens (including phenoxy) is 2. The summed E-state index contributed by atoms with van der Waals surface area (Å²) in [5.74, 6) is -0.803. The summed E-state index contributed by atoms with van der Waals surface area (Å²) in [6.07, 6.45) is 58.9. The van der Waals surface area contributed by atoms with Crippen LogP contribution in [0.5, 0.6) is 0 Å². The van der Waals surface area contributed by atoms with Gasteiger partial charge in [-0.3, -0.25) is 18.6 Å². The van der Waals surface area contributed by atoms with Crippen molar-refractivity contribution >= 4 is 19.8 Å². The number of hydrogen-bond acceptors (Lipinski definition) is 7. The van der Waals surface area contributed by atoms with Gasteiger partial charge >= 0.3 is 19.8 Å². The number of likely N-dealkylation sites (N-methyl/N-ethyl adjacent to an activating group) is 1. The summed E-state index contributed by atoms with van der Waals surface area (Å²) < 4.78 is 34.5. The van der Waals surface area contributed by atoms with E-state index in [-0.39, 0.29) is 32.0 Å². The maximum Gasteiger partial charge on any atom is 0.472 e. The van der Waals surface area contributed by atoms with Gasteiger partial charge in [-0.2, -0.15) is 0 Å². The lowest BCUT2D eigenvalue weighted by molar-refractivity contribution is -0.870. The van der Waals surface area contributed by atoms with Crippen LogP contribution < -0.4 is 0 Å². The van der Waals surface area contributed by atoms with Crippen molar-refractivity contribution in [1.82, 2.24) is 0 Å². The summed E-state index contributed by atoms with van der Waals surface area (Å²) in [6.45, 7) is 4.33.